The summed E-state index contributed by atoms with van der Waals surface area (Å²) in [5.41, 5.74) is 1.09. The van der Waals surface area contributed by atoms with Crippen molar-refractivity contribution in [1.29, 1.82) is 0 Å². The molecule has 2 unspecified atom stereocenters. The second kappa shape index (κ2) is 5.67. The highest BCUT2D eigenvalue weighted by molar-refractivity contribution is 9.10. The van der Waals surface area contributed by atoms with Crippen molar-refractivity contribution in [3.05, 3.63) is 28.2 Å². The summed E-state index contributed by atoms with van der Waals surface area (Å²) in [7, 11) is 0. The SMILES string of the molecule is O=C1CCC2CN(c3cc(Br)ccc3C(=O)O)CCC2N1. The third-order valence-electron chi connectivity index (χ3n) is 4.35. The number of anilines is 1. The van der Waals surface area contributed by atoms with Gasteiger partial charge >= 0.3 is 5.97 Å². The van der Waals surface area contributed by atoms with Crippen LogP contribution < -0.4 is 10.2 Å². The quantitative estimate of drug-likeness (QED) is 0.856. The van der Waals surface area contributed by atoms with Crippen molar-refractivity contribution in [2.45, 2.75) is 25.3 Å². The molecular weight excluding hydrogens is 336 g/mol. The number of carboxylic acid groups (broad SMARTS) is 1. The highest BCUT2D eigenvalue weighted by Gasteiger charge is 2.34. The molecule has 0 spiro atoms. The molecule has 5 nitrogen and oxygen atoms in total. The Morgan fingerprint density at radius 2 is 2.19 bits per heavy atom. The van der Waals surface area contributed by atoms with Crippen molar-refractivity contribution in [3.8, 4) is 0 Å². The largest absolute Gasteiger partial charge is 0.478 e. The van der Waals surface area contributed by atoms with Gasteiger partial charge in [-0.3, -0.25) is 4.79 Å². The van der Waals surface area contributed by atoms with Crippen LogP contribution in [0, 0.1) is 5.92 Å². The van der Waals surface area contributed by atoms with Crippen LogP contribution in [0.25, 0.3) is 0 Å². The molecule has 1 aromatic rings. The number of amides is 1. The van der Waals surface area contributed by atoms with Crippen LogP contribution >= 0.6 is 15.9 Å². The molecule has 2 atom stereocenters. The van der Waals surface area contributed by atoms with Gasteiger partial charge in [0.15, 0.2) is 0 Å². The fraction of sp³-hybridized carbons (Fsp3) is 0.467. The van der Waals surface area contributed by atoms with Crippen LogP contribution in [0.5, 0.6) is 0 Å². The van der Waals surface area contributed by atoms with Gasteiger partial charge in [0.25, 0.3) is 0 Å². The third kappa shape index (κ3) is 2.90. The number of piperidine rings is 2. The highest BCUT2D eigenvalue weighted by Crippen LogP contribution is 2.32. The van der Waals surface area contributed by atoms with E-state index in [0.29, 0.717) is 17.9 Å². The Balaban J connectivity index is 1.84. The van der Waals surface area contributed by atoms with E-state index in [1.165, 1.54) is 0 Å². The normalized spacial score (nSPS) is 25.2. The number of carbonyl (C=O) groups excluding carboxylic acids is 1. The molecule has 0 aromatic heterocycles. The van der Waals surface area contributed by atoms with Crippen LogP contribution in [-0.4, -0.2) is 36.1 Å². The molecule has 0 saturated carbocycles. The molecule has 0 bridgehead atoms. The van der Waals surface area contributed by atoms with Crippen molar-refractivity contribution in [2.75, 3.05) is 18.0 Å². The van der Waals surface area contributed by atoms with Crippen LogP contribution in [0.2, 0.25) is 0 Å². The van der Waals surface area contributed by atoms with E-state index in [0.717, 1.165) is 36.1 Å². The molecule has 1 amide bonds. The lowest BCUT2D eigenvalue weighted by atomic mass is 9.85. The van der Waals surface area contributed by atoms with Gasteiger partial charge in [-0.25, -0.2) is 4.79 Å². The first-order valence-corrected chi connectivity index (χ1v) is 7.91. The average Bonchev–Trinajstić information content (AvgIpc) is 2.46. The molecule has 2 saturated heterocycles. The Labute approximate surface area is 131 Å². The van der Waals surface area contributed by atoms with Gasteiger partial charge in [0, 0.05) is 30.0 Å². The van der Waals surface area contributed by atoms with Gasteiger partial charge in [0.05, 0.1) is 11.3 Å². The predicted octanol–water partition coefficient (Wildman–Crippen LogP) is 2.25. The fourth-order valence-electron chi connectivity index (χ4n) is 3.28. The molecular formula is C15H17BrN2O3. The monoisotopic (exact) mass is 352 g/mol. The number of nitrogens with zero attached hydrogens (tertiary/aromatic N) is 1. The maximum atomic E-state index is 11.4. The third-order valence-corrected chi connectivity index (χ3v) is 4.85. The van der Waals surface area contributed by atoms with Gasteiger partial charge in [0.1, 0.15) is 0 Å². The lowest BCUT2D eigenvalue weighted by Crippen LogP contribution is -2.54. The van der Waals surface area contributed by atoms with Crippen LogP contribution in [0.15, 0.2) is 22.7 Å². The van der Waals surface area contributed by atoms with Crippen LogP contribution in [0.4, 0.5) is 5.69 Å². The van der Waals surface area contributed by atoms with Gasteiger partial charge in [-0.1, -0.05) is 15.9 Å². The summed E-state index contributed by atoms with van der Waals surface area (Å²) >= 11 is 3.41. The summed E-state index contributed by atoms with van der Waals surface area (Å²) in [6.07, 6.45) is 2.31. The minimum absolute atomic E-state index is 0.137. The Bertz CT molecular complexity index is 590. The van der Waals surface area contributed by atoms with Gasteiger partial charge < -0.3 is 15.3 Å². The molecule has 1 aromatic carbocycles. The first-order valence-electron chi connectivity index (χ1n) is 7.12. The van der Waals surface area contributed by atoms with E-state index in [-0.39, 0.29) is 11.9 Å². The minimum Gasteiger partial charge on any atom is -0.478 e. The van der Waals surface area contributed by atoms with Gasteiger partial charge in [-0.2, -0.15) is 0 Å². The van der Waals surface area contributed by atoms with Crippen LogP contribution in [0.1, 0.15) is 29.6 Å². The maximum Gasteiger partial charge on any atom is 0.337 e. The van der Waals surface area contributed by atoms with Crippen LogP contribution in [0.3, 0.4) is 0 Å². The number of hydrogen-bond donors (Lipinski definition) is 2. The number of rotatable bonds is 2. The van der Waals surface area contributed by atoms with Crippen molar-refractivity contribution in [1.82, 2.24) is 5.32 Å². The van der Waals surface area contributed by atoms with Crippen molar-refractivity contribution in [3.63, 3.8) is 0 Å². The second-order valence-electron chi connectivity index (χ2n) is 5.67. The van der Waals surface area contributed by atoms with E-state index in [4.69, 9.17) is 0 Å². The van der Waals surface area contributed by atoms with Gasteiger partial charge in [0.2, 0.25) is 5.91 Å². The second-order valence-corrected chi connectivity index (χ2v) is 6.59. The summed E-state index contributed by atoms with van der Waals surface area (Å²) in [6, 6.07) is 5.49. The molecule has 3 rings (SSSR count). The van der Waals surface area contributed by atoms with E-state index in [1.807, 2.05) is 6.07 Å². The molecule has 2 heterocycles. The summed E-state index contributed by atoms with van der Waals surface area (Å²) in [5.74, 6) is -0.368. The van der Waals surface area contributed by atoms with Crippen molar-refractivity contribution >= 4 is 33.5 Å². The van der Waals surface area contributed by atoms with Gasteiger partial charge in [-0.15, -0.1) is 0 Å². The molecule has 2 aliphatic rings. The van der Waals surface area contributed by atoms with Gasteiger partial charge in [-0.05, 0) is 37.0 Å². The van der Waals surface area contributed by atoms with Crippen LogP contribution in [-0.2, 0) is 4.79 Å². The van der Waals surface area contributed by atoms with E-state index < -0.39 is 5.97 Å². The molecule has 0 radical (unpaired) electrons. The average molecular weight is 353 g/mol. The molecule has 2 aliphatic heterocycles. The Hall–Kier alpha value is -1.56. The Morgan fingerprint density at radius 3 is 2.95 bits per heavy atom. The number of aromatic carboxylic acids is 1. The van der Waals surface area contributed by atoms with Crippen molar-refractivity contribution in [2.24, 2.45) is 5.92 Å². The van der Waals surface area contributed by atoms with Crippen molar-refractivity contribution < 1.29 is 14.7 Å². The molecule has 112 valence electrons. The fourth-order valence-corrected chi connectivity index (χ4v) is 3.63. The standard InChI is InChI=1S/C15H17BrN2O3/c16-10-2-3-11(15(20)21)13(7-10)18-6-5-12-9(8-18)1-4-14(19)17-12/h2-3,7,9,12H,1,4-6,8H2,(H,17,19)(H,20,21). The molecule has 2 N–H and O–H groups in total. The number of hydrogen-bond acceptors (Lipinski definition) is 3. The summed E-state index contributed by atoms with van der Waals surface area (Å²) in [4.78, 5) is 25.0. The molecule has 0 aliphatic carbocycles. The number of fused-ring (bicyclic) bond motifs is 1. The zero-order valence-corrected chi connectivity index (χ0v) is 13.1. The van der Waals surface area contributed by atoms with E-state index in [9.17, 15) is 14.7 Å². The van der Waals surface area contributed by atoms with E-state index in [1.54, 1.807) is 12.1 Å². The van der Waals surface area contributed by atoms with E-state index in [2.05, 4.69) is 26.1 Å². The number of benzene rings is 1. The van der Waals surface area contributed by atoms with E-state index >= 15 is 0 Å². The Morgan fingerprint density at radius 1 is 1.38 bits per heavy atom. The lowest BCUT2D eigenvalue weighted by Gasteiger charge is -2.42. The number of carboxylic acids is 1. The molecule has 6 heteroatoms. The lowest BCUT2D eigenvalue weighted by molar-refractivity contribution is -0.124. The number of halogens is 1. The maximum absolute atomic E-state index is 11.4. The first kappa shape index (κ1) is 14.4. The Kier molecular flexibility index (Phi) is 3.89. The summed E-state index contributed by atoms with van der Waals surface area (Å²) in [6.45, 7) is 1.56. The summed E-state index contributed by atoms with van der Waals surface area (Å²) < 4.78 is 0.876. The first-order chi connectivity index (χ1) is 10.0. The number of nitrogens with one attached hydrogen (secondary N) is 1. The topological polar surface area (TPSA) is 69.6 Å². The summed E-state index contributed by atoms with van der Waals surface area (Å²) in [5, 5.41) is 12.4. The predicted molar refractivity (Wildman–Crippen MR) is 82.6 cm³/mol. The smallest absolute Gasteiger partial charge is 0.337 e. The molecule has 21 heavy (non-hydrogen) atoms. The molecule has 2 fully saturated rings. The minimum atomic E-state index is -0.906. The highest BCUT2D eigenvalue weighted by atomic mass is 79.9. The zero-order valence-electron chi connectivity index (χ0n) is 11.5. The number of carbonyl (C=O) groups is 2. The zero-order chi connectivity index (χ0) is 15.0.